The monoisotopic (exact) mass is 337 g/mol. The summed E-state index contributed by atoms with van der Waals surface area (Å²) in [6.45, 7) is 0.738. The van der Waals surface area contributed by atoms with Gasteiger partial charge in [0.05, 0.1) is 17.9 Å². The molecule has 3 atom stereocenters. The van der Waals surface area contributed by atoms with E-state index in [4.69, 9.17) is 5.11 Å². The number of rotatable bonds is 3. The van der Waals surface area contributed by atoms with Crippen molar-refractivity contribution in [3.63, 3.8) is 0 Å². The lowest BCUT2D eigenvalue weighted by Crippen LogP contribution is -2.32. The molecule has 5 heteroatoms. The van der Waals surface area contributed by atoms with Crippen LogP contribution in [0.25, 0.3) is 0 Å². The van der Waals surface area contributed by atoms with Gasteiger partial charge in [0.25, 0.3) is 0 Å². The van der Waals surface area contributed by atoms with Gasteiger partial charge in [0.15, 0.2) is 0 Å². The van der Waals surface area contributed by atoms with Crippen LogP contribution in [0.15, 0.2) is 28.7 Å². The molecule has 1 aliphatic carbocycles. The Morgan fingerprint density at radius 2 is 1.90 bits per heavy atom. The Balaban J connectivity index is 1.74. The van der Waals surface area contributed by atoms with Crippen molar-refractivity contribution in [3.05, 3.63) is 34.3 Å². The van der Waals surface area contributed by atoms with Gasteiger partial charge >= 0.3 is 5.97 Å². The molecule has 1 saturated heterocycles. The summed E-state index contributed by atoms with van der Waals surface area (Å²) in [6.07, 6.45) is 2.44. The van der Waals surface area contributed by atoms with Crippen LogP contribution < -0.4 is 0 Å². The second kappa shape index (κ2) is 5.20. The van der Waals surface area contributed by atoms with E-state index < -0.39 is 11.9 Å². The first kappa shape index (κ1) is 13.6. The van der Waals surface area contributed by atoms with Crippen LogP contribution in [-0.4, -0.2) is 28.4 Å². The third-order valence-corrected chi connectivity index (χ3v) is 4.74. The van der Waals surface area contributed by atoms with Crippen LogP contribution in [0.3, 0.4) is 0 Å². The highest BCUT2D eigenvalue weighted by atomic mass is 79.9. The largest absolute Gasteiger partial charge is 0.481 e. The summed E-state index contributed by atoms with van der Waals surface area (Å²) in [5.41, 5.74) is 1.13. The predicted octanol–water partition coefficient (Wildman–Crippen LogP) is 2.83. The minimum atomic E-state index is -0.845. The Hall–Kier alpha value is -1.36. The average Bonchev–Trinajstić information content (AvgIpc) is 3.09. The van der Waals surface area contributed by atoms with E-state index in [1.54, 1.807) is 0 Å². The molecule has 3 rings (SSSR count). The topological polar surface area (TPSA) is 57.6 Å². The zero-order valence-corrected chi connectivity index (χ0v) is 12.5. The summed E-state index contributed by atoms with van der Waals surface area (Å²) in [5.74, 6) is -1.59. The number of likely N-dealkylation sites (tertiary alicyclic amines) is 1. The third kappa shape index (κ3) is 2.46. The van der Waals surface area contributed by atoms with E-state index in [0.717, 1.165) is 29.4 Å². The minimum Gasteiger partial charge on any atom is -0.481 e. The minimum absolute atomic E-state index is 0.0165. The normalized spacial score (nSPS) is 28.4. The number of halogens is 1. The molecule has 2 fully saturated rings. The Bertz CT molecular complexity index is 543. The van der Waals surface area contributed by atoms with Gasteiger partial charge in [0, 0.05) is 11.0 Å². The molecule has 0 spiro atoms. The molecular formula is C15H16BrNO3. The molecule has 0 aromatic heterocycles. The number of amides is 1. The van der Waals surface area contributed by atoms with Crippen molar-refractivity contribution in [2.24, 2.45) is 11.8 Å². The number of nitrogens with zero attached hydrogens (tertiary/aromatic N) is 1. The molecule has 1 saturated carbocycles. The highest BCUT2D eigenvalue weighted by Crippen LogP contribution is 2.43. The van der Waals surface area contributed by atoms with Crippen LogP contribution >= 0.6 is 15.9 Å². The molecule has 106 valence electrons. The van der Waals surface area contributed by atoms with E-state index in [1.807, 2.05) is 29.2 Å². The van der Waals surface area contributed by atoms with Crippen molar-refractivity contribution in [1.82, 2.24) is 4.90 Å². The van der Waals surface area contributed by atoms with E-state index in [9.17, 15) is 9.59 Å². The molecule has 1 aromatic carbocycles. The zero-order valence-electron chi connectivity index (χ0n) is 11.0. The van der Waals surface area contributed by atoms with E-state index in [1.165, 1.54) is 0 Å². The van der Waals surface area contributed by atoms with Gasteiger partial charge in [-0.1, -0.05) is 28.1 Å². The second-order valence-electron chi connectivity index (χ2n) is 5.53. The Labute approximate surface area is 125 Å². The number of carbonyl (C=O) groups excluding carboxylic acids is 1. The fourth-order valence-corrected chi connectivity index (χ4v) is 3.28. The van der Waals surface area contributed by atoms with Gasteiger partial charge in [-0.2, -0.15) is 0 Å². The number of carboxylic acid groups (broad SMARTS) is 1. The van der Waals surface area contributed by atoms with Gasteiger partial charge in [0.2, 0.25) is 5.91 Å². The Morgan fingerprint density at radius 1 is 1.20 bits per heavy atom. The highest BCUT2D eigenvalue weighted by Gasteiger charge is 2.51. The smallest absolute Gasteiger partial charge is 0.307 e. The lowest BCUT2D eigenvalue weighted by molar-refractivity contribution is -0.142. The maximum Gasteiger partial charge on any atom is 0.307 e. The lowest BCUT2D eigenvalue weighted by Gasteiger charge is -2.25. The molecule has 4 nitrogen and oxygen atoms in total. The van der Waals surface area contributed by atoms with Crippen LogP contribution in [0.4, 0.5) is 0 Å². The molecule has 3 unspecified atom stereocenters. The molecule has 1 N–H and O–H groups in total. The molecule has 0 bridgehead atoms. The van der Waals surface area contributed by atoms with Crippen LogP contribution in [0.2, 0.25) is 0 Å². The van der Waals surface area contributed by atoms with Gasteiger partial charge < -0.3 is 10.0 Å². The van der Waals surface area contributed by atoms with Crippen LogP contribution in [0.5, 0.6) is 0 Å². The van der Waals surface area contributed by atoms with Crippen molar-refractivity contribution in [2.45, 2.75) is 25.3 Å². The van der Waals surface area contributed by atoms with Gasteiger partial charge in [0.1, 0.15) is 0 Å². The number of hydrogen-bond acceptors (Lipinski definition) is 2. The van der Waals surface area contributed by atoms with E-state index in [-0.39, 0.29) is 17.9 Å². The number of aliphatic carboxylic acids is 1. The molecule has 1 aliphatic heterocycles. The van der Waals surface area contributed by atoms with Gasteiger partial charge in [-0.05, 0) is 37.0 Å². The summed E-state index contributed by atoms with van der Waals surface area (Å²) in [5, 5.41) is 8.95. The first-order valence-electron chi connectivity index (χ1n) is 6.86. The molecular weight excluding hydrogens is 322 g/mol. The van der Waals surface area contributed by atoms with Crippen molar-refractivity contribution in [3.8, 4) is 0 Å². The van der Waals surface area contributed by atoms with E-state index in [2.05, 4.69) is 15.9 Å². The third-order valence-electron chi connectivity index (χ3n) is 4.22. The fourth-order valence-electron chi connectivity index (χ4n) is 3.02. The molecule has 1 heterocycles. The number of hydrogen-bond donors (Lipinski definition) is 1. The van der Waals surface area contributed by atoms with Crippen molar-refractivity contribution in [2.75, 3.05) is 6.54 Å². The number of carboxylic acids is 1. The average molecular weight is 338 g/mol. The van der Waals surface area contributed by atoms with Crippen LogP contribution in [0, 0.1) is 11.8 Å². The maximum absolute atomic E-state index is 12.4. The summed E-state index contributed by atoms with van der Waals surface area (Å²) >= 11 is 3.41. The first-order chi connectivity index (χ1) is 9.58. The highest BCUT2D eigenvalue weighted by molar-refractivity contribution is 9.10. The molecule has 1 amide bonds. The maximum atomic E-state index is 12.4. The quantitative estimate of drug-likeness (QED) is 0.922. The summed E-state index contributed by atoms with van der Waals surface area (Å²) in [6, 6.07) is 8.12. The summed E-state index contributed by atoms with van der Waals surface area (Å²) in [7, 11) is 0. The Kier molecular flexibility index (Phi) is 3.54. The molecule has 2 aliphatic rings. The number of benzene rings is 1. The second-order valence-corrected chi connectivity index (χ2v) is 6.44. The molecule has 1 aromatic rings. The molecule has 0 radical (unpaired) electrons. The Morgan fingerprint density at radius 3 is 2.50 bits per heavy atom. The number of carbonyl (C=O) groups is 2. The van der Waals surface area contributed by atoms with Crippen molar-refractivity contribution in [1.29, 1.82) is 0 Å². The first-order valence-corrected chi connectivity index (χ1v) is 7.66. The fraction of sp³-hybridized carbons (Fsp3) is 0.467. The zero-order chi connectivity index (χ0) is 14.3. The molecule has 20 heavy (non-hydrogen) atoms. The van der Waals surface area contributed by atoms with Gasteiger partial charge in [-0.25, -0.2) is 0 Å². The van der Waals surface area contributed by atoms with Crippen molar-refractivity contribution < 1.29 is 14.7 Å². The predicted molar refractivity (Wildman–Crippen MR) is 77.1 cm³/mol. The lowest BCUT2D eigenvalue weighted by atomic mass is 10.0. The van der Waals surface area contributed by atoms with Crippen LogP contribution in [0.1, 0.15) is 30.9 Å². The van der Waals surface area contributed by atoms with E-state index >= 15 is 0 Å². The SMILES string of the molecule is O=C(O)C1CC1C(=O)N1CCCC1c1ccc(Br)cc1. The van der Waals surface area contributed by atoms with E-state index in [0.29, 0.717) is 6.42 Å². The van der Waals surface area contributed by atoms with Crippen LogP contribution in [-0.2, 0) is 9.59 Å². The van der Waals surface area contributed by atoms with Gasteiger partial charge in [-0.15, -0.1) is 0 Å². The van der Waals surface area contributed by atoms with Gasteiger partial charge in [-0.3, -0.25) is 9.59 Å². The summed E-state index contributed by atoms with van der Waals surface area (Å²) < 4.78 is 1.02. The standard InChI is InChI=1S/C15H16BrNO3/c16-10-5-3-9(4-6-10)13-2-1-7-17(13)14(18)11-8-12(11)15(19)20/h3-6,11-13H,1-2,7-8H2,(H,19,20). The summed E-state index contributed by atoms with van der Waals surface area (Å²) in [4.78, 5) is 25.2. The van der Waals surface area contributed by atoms with Crippen molar-refractivity contribution >= 4 is 27.8 Å².